The molecule has 25 heavy (non-hydrogen) atoms. The van der Waals surface area contributed by atoms with E-state index in [2.05, 4.69) is 5.32 Å². The molecule has 2 aromatic carbocycles. The highest BCUT2D eigenvalue weighted by Gasteiger charge is 2.53. The van der Waals surface area contributed by atoms with E-state index < -0.39 is 16.5 Å². The maximum atomic E-state index is 14.1. The van der Waals surface area contributed by atoms with Crippen LogP contribution in [0.15, 0.2) is 36.4 Å². The van der Waals surface area contributed by atoms with Gasteiger partial charge in [-0.05, 0) is 30.3 Å². The molecule has 0 aromatic heterocycles. The Kier molecular flexibility index (Phi) is 3.92. The number of ether oxygens (including phenoxy) is 1. The molecule has 130 valence electrons. The van der Waals surface area contributed by atoms with Crippen molar-refractivity contribution in [2.45, 2.75) is 11.4 Å². The number of fused-ring (bicyclic) bond motifs is 2. The molecule has 2 heterocycles. The van der Waals surface area contributed by atoms with Crippen LogP contribution in [0.25, 0.3) is 0 Å². The van der Waals surface area contributed by atoms with E-state index in [0.29, 0.717) is 18.0 Å². The number of carbonyl (C=O) groups excluding carboxylic acids is 1. The lowest BCUT2D eigenvalue weighted by atomic mass is 10.1. The van der Waals surface area contributed by atoms with Gasteiger partial charge in [-0.25, -0.2) is 8.78 Å². The van der Waals surface area contributed by atoms with Crippen molar-refractivity contribution < 1.29 is 18.3 Å². The highest BCUT2D eigenvalue weighted by Crippen LogP contribution is 2.50. The zero-order valence-corrected chi connectivity index (χ0v) is 14.3. The minimum Gasteiger partial charge on any atom is -0.497 e. The Hall–Kier alpha value is -2.12. The summed E-state index contributed by atoms with van der Waals surface area (Å²) in [5.74, 6) is -0.101. The molecular weight excluding hydrogens is 346 g/mol. The summed E-state index contributed by atoms with van der Waals surface area (Å²) in [5.41, 5.74) is 1.31. The maximum absolute atomic E-state index is 14.1. The number of methoxy groups -OCH3 is 1. The summed E-state index contributed by atoms with van der Waals surface area (Å²) in [7, 11) is 1.56. The fraction of sp³-hybridized carbons (Fsp3) is 0.278. The van der Waals surface area contributed by atoms with Crippen LogP contribution < -0.4 is 15.0 Å². The predicted molar refractivity (Wildman–Crippen MR) is 92.7 cm³/mol. The van der Waals surface area contributed by atoms with Gasteiger partial charge >= 0.3 is 0 Å². The van der Waals surface area contributed by atoms with Crippen molar-refractivity contribution in [3.8, 4) is 5.75 Å². The quantitative estimate of drug-likeness (QED) is 0.911. The van der Waals surface area contributed by atoms with Gasteiger partial charge in [-0.3, -0.25) is 10.1 Å². The molecule has 4 rings (SSSR count). The van der Waals surface area contributed by atoms with E-state index in [1.54, 1.807) is 19.2 Å². The molecule has 1 saturated heterocycles. The fourth-order valence-electron chi connectivity index (χ4n) is 3.37. The minimum atomic E-state index is -0.911. The van der Waals surface area contributed by atoms with Crippen LogP contribution in [-0.4, -0.2) is 25.3 Å². The Balaban J connectivity index is 1.81. The molecule has 4 nitrogen and oxygen atoms in total. The molecule has 1 amide bonds. The van der Waals surface area contributed by atoms with Gasteiger partial charge in [0.25, 0.3) is 5.91 Å². The van der Waals surface area contributed by atoms with Gasteiger partial charge < -0.3 is 9.64 Å². The first kappa shape index (κ1) is 16.4. The Bertz CT molecular complexity index is 833. The average Bonchev–Trinajstić information content (AvgIpc) is 3.19. The lowest BCUT2D eigenvalue weighted by Gasteiger charge is -2.23. The van der Waals surface area contributed by atoms with Crippen molar-refractivity contribution in [3.63, 3.8) is 0 Å². The first-order chi connectivity index (χ1) is 12.1. The number of benzene rings is 2. The number of halogens is 2. The molecule has 1 N–H and O–H groups in total. The Morgan fingerprint density at radius 3 is 2.68 bits per heavy atom. The summed E-state index contributed by atoms with van der Waals surface area (Å²) in [6.07, 6.45) is 0. The van der Waals surface area contributed by atoms with Gasteiger partial charge in [0, 0.05) is 23.4 Å². The van der Waals surface area contributed by atoms with E-state index in [1.807, 2.05) is 6.07 Å². The first-order valence-corrected chi connectivity index (χ1v) is 8.88. The zero-order chi connectivity index (χ0) is 17.6. The van der Waals surface area contributed by atoms with Gasteiger partial charge in [0.05, 0.1) is 19.3 Å². The van der Waals surface area contributed by atoms with Crippen LogP contribution in [0.2, 0.25) is 0 Å². The van der Waals surface area contributed by atoms with Crippen LogP contribution in [0, 0.1) is 11.6 Å². The van der Waals surface area contributed by atoms with Gasteiger partial charge in [0.2, 0.25) is 0 Å². The van der Waals surface area contributed by atoms with Crippen LogP contribution in [0.3, 0.4) is 0 Å². The Labute approximate surface area is 148 Å². The van der Waals surface area contributed by atoms with Crippen molar-refractivity contribution >= 4 is 23.4 Å². The number of hydrogen-bond acceptors (Lipinski definition) is 4. The highest BCUT2D eigenvalue weighted by molar-refractivity contribution is 8.01. The van der Waals surface area contributed by atoms with Crippen LogP contribution in [-0.2, 0) is 16.2 Å². The zero-order valence-electron chi connectivity index (χ0n) is 13.5. The van der Waals surface area contributed by atoms with E-state index in [4.69, 9.17) is 4.74 Å². The third kappa shape index (κ3) is 2.41. The number of carbonyl (C=O) groups is 1. The molecule has 2 aromatic rings. The van der Waals surface area contributed by atoms with Gasteiger partial charge in [-0.1, -0.05) is 6.07 Å². The number of rotatable bonds is 3. The second-order valence-corrected chi connectivity index (χ2v) is 7.24. The largest absolute Gasteiger partial charge is 0.497 e. The molecule has 1 fully saturated rings. The summed E-state index contributed by atoms with van der Waals surface area (Å²) in [6.45, 7) is 0.537. The smallest absolute Gasteiger partial charge is 0.262 e. The van der Waals surface area contributed by atoms with E-state index in [1.165, 1.54) is 34.9 Å². The van der Waals surface area contributed by atoms with Gasteiger partial charge in [0.15, 0.2) is 4.87 Å². The molecular formula is C18H16F2N2O2S. The normalized spacial score (nSPS) is 21.9. The molecule has 0 radical (unpaired) electrons. The van der Waals surface area contributed by atoms with E-state index in [9.17, 15) is 13.6 Å². The monoisotopic (exact) mass is 362 g/mol. The molecule has 1 spiro atoms. The molecule has 1 unspecified atom stereocenters. The summed E-state index contributed by atoms with van der Waals surface area (Å²) in [6, 6.07) is 9.04. The van der Waals surface area contributed by atoms with Gasteiger partial charge in [-0.15, -0.1) is 11.8 Å². The summed E-state index contributed by atoms with van der Waals surface area (Å²) < 4.78 is 33.4. The summed E-state index contributed by atoms with van der Waals surface area (Å²) in [5, 5.41) is 3.26. The second kappa shape index (κ2) is 6.00. The van der Waals surface area contributed by atoms with Crippen LogP contribution in [0.5, 0.6) is 5.75 Å². The summed E-state index contributed by atoms with van der Waals surface area (Å²) >= 11 is 1.50. The van der Waals surface area contributed by atoms with Crippen LogP contribution in [0.1, 0.15) is 11.1 Å². The number of anilines is 1. The van der Waals surface area contributed by atoms with Crippen molar-refractivity contribution in [1.82, 2.24) is 5.32 Å². The van der Waals surface area contributed by atoms with Crippen LogP contribution in [0.4, 0.5) is 14.5 Å². The lowest BCUT2D eigenvalue weighted by molar-refractivity contribution is -0.121. The van der Waals surface area contributed by atoms with Crippen molar-refractivity contribution in [2.24, 2.45) is 0 Å². The second-order valence-electron chi connectivity index (χ2n) is 5.93. The number of thioether (sulfide) groups is 1. The van der Waals surface area contributed by atoms with Gasteiger partial charge in [0.1, 0.15) is 17.4 Å². The predicted octanol–water partition coefficient (Wildman–Crippen LogP) is 3.01. The number of amides is 1. The van der Waals surface area contributed by atoms with Crippen LogP contribution >= 0.6 is 11.8 Å². The Morgan fingerprint density at radius 2 is 2.04 bits per heavy atom. The molecule has 1 atom stereocenters. The molecule has 2 aliphatic rings. The van der Waals surface area contributed by atoms with Crippen molar-refractivity contribution in [3.05, 3.63) is 59.2 Å². The number of nitrogens with zero attached hydrogens (tertiary/aromatic N) is 1. The molecule has 0 saturated carbocycles. The topological polar surface area (TPSA) is 41.6 Å². The Morgan fingerprint density at radius 1 is 1.28 bits per heavy atom. The summed E-state index contributed by atoms with van der Waals surface area (Å²) in [4.78, 5) is 13.7. The standard InChI is InChI=1S/C18H16F2N2O2S/c1-24-11-5-6-16-13(9-11)18(21-7-8-25-18)17(23)22(16)10-12-14(19)3-2-4-15(12)20/h2-6,9,21H,7-8,10H2,1H3. The molecule has 0 aliphatic carbocycles. The van der Waals surface area contributed by atoms with E-state index in [-0.39, 0.29) is 18.0 Å². The van der Waals surface area contributed by atoms with Gasteiger partial charge in [-0.2, -0.15) is 0 Å². The molecule has 2 aliphatic heterocycles. The van der Waals surface area contributed by atoms with Crippen molar-refractivity contribution in [1.29, 1.82) is 0 Å². The average molecular weight is 362 g/mol. The van der Waals surface area contributed by atoms with E-state index in [0.717, 1.165) is 11.3 Å². The van der Waals surface area contributed by atoms with Crippen molar-refractivity contribution in [2.75, 3.05) is 24.3 Å². The maximum Gasteiger partial charge on any atom is 0.262 e. The first-order valence-electron chi connectivity index (χ1n) is 7.89. The fourth-order valence-corrected chi connectivity index (χ4v) is 4.63. The highest BCUT2D eigenvalue weighted by atomic mass is 32.2. The van der Waals surface area contributed by atoms with E-state index >= 15 is 0 Å². The molecule has 0 bridgehead atoms. The minimum absolute atomic E-state index is 0.113. The number of hydrogen-bond donors (Lipinski definition) is 1. The molecule has 7 heteroatoms. The third-order valence-electron chi connectivity index (χ3n) is 4.59. The lowest BCUT2D eigenvalue weighted by Crippen LogP contribution is -2.45. The SMILES string of the molecule is COc1ccc2c(c1)C1(NCCS1)C(=O)N2Cc1c(F)cccc1F. The number of nitrogens with one attached hydrogen (secondary N) is 1. The third-order valence-corrected chi connectivity index (χ3v) is 5.97.